The number of rotatable bonds is 4. The fraction of sp³-hybridized carbons (Fsp3) is 0.300. The minimum Gasteiger partial charge on any atom is -0.294 e. The van der Waals surface area contributed by atoms with E-state index in [1.165, 1.54) is 18.2 Å². The summed E-state index contributed by atoms with van der Waals surface area (Å²) in [6, 6.07) is 4.45. The zero-order valence-electron chi connectivity index (χ0n) is 8.95. The van der Waals surface area contributed by atoms with Gasteiger partial charge in [-0.05, 0) is 18.2 Å². The number of Topliss-reactive ketones (excluding diaryl/α,β-unsaturated/α-hetero) is 1. The van der Waals surface area contributed by atoms with E-state index in [1.54, 1.807) is 6.92 Å². The van der Waals surface area contributed by atoms with Crippen molar-refractivity contribution in [2.45, 2.75) is 13.3 Å². The SMILES string of the molecule is CCC(=O)c1ccc(NS(C)(=O)=O)cc1Cl. The molecule has 88 valence electrons. The Bertz CT molecular complexity index is 511. The number of sulfonamides is 1. The first kappa shape index (κ1) is 13.0. The van der Waals surface area contributed by atoms with E-state index in [2.05, 4.69) is 4.72 Å². The van der Waals surface area contributed by atoms with Crippen molar-refractivity contribution in [3.05, 3.63) is 28.8 Å². The summed E-state index contributed by atoms with van der Waals surface area (Å²) in [6.45, 7) is 1.74. The molecule has 1 aromatic carbocycles. The summed E-state index contributed by atoms with van der Waals surface area (Å²) >= 11 is 5.88. The molecule has 0 aliphatic heterocycles. The van der Waals surface area contributed by atoms with Gasteiger partial charge >= 0.3 is 0 Å². The Balaban J connectivity index is 3.05. The lowest BCUT2D eigenvalue weighted by Crippen LogP contribution is -2.09. The average Bonchev–Trinajstić information content (AvgIpc) is 2.14. The summed E-state index contributed by atoms with van der Waals surface area (Å²) in [5, 5.41) is 0.250. The Hall–Kier alpha value is -1.07. The third kappa shape index (κ3) is 3.50. The first-order valence-electron chi connectivity index (χ1n) is 4.64. The minimum atomic E-state index is -3.33. The van der Waals surface area contributed by atoms with Crippen molar-refractivity contribution in [1.29, 1.82) is 0 Å². The highest BCUT2D eigenvalue weighted by molar-refractivity contribution is 7.92. The van der Waals surface area contributed by atoms with Gasteiger partial charge in [0.2, 0.25) is 10.0 Å². The summed E-state index contributed by atoms with van der Waals surface area (Å²) in [5.41, 5.74) is 0.753. The summed E-state index contributed by atoms with van der Waals surface area (Å²) in [6.07, 6.45) is 1.41. The fourth-order valence-electron chi connectivity index (χ4n) is 1.21. The van der Waals surface area contributed by atoms with Crippen LogP contribution in [0.4, 0.5) is 5.69 Å². The van der Waals surface area contributed by atoms with Gasteiger partial charge < -0.3 is 0 Å². The Kier molecular flexibility index (Phi) is 3.93. The van der Waals surface area contributed by atoms with Gasteiger partial charge in [0, 0.05) is 17.7 Å². The molecule has 0 aromatic heterocycles. The number of hydrogen-bond donors (Lipinski definition) is 1. The second-order valence-corrected chi connectivity index (χ2v) is 5.50. The lowest BCUT2D eigenvalue weighted by molar-refractivity contribution is 0.0988. The van der Waals surface area contributed by atoms with Crippen molar-refractivity contribution >= 4 is 33.1 Å². The molecule has 0 radical (unpaired) electrons. The molecule has 0 unspecified atom stereocenters. The molecule has 6 heteroatoms. The molecule has 0 atom stereocenters. The topological polar surface area (TPSA) is 63.2 Å². The van der Waals surface area contributed by atoms with Gasteiger partial charge in [0.05, 0.1) is 11.3 Å². The molecule has 1 rings (SSSR count). The summed E-state index contributed by atoms with van der Waals surface area (Å²) < 4.78 is 24.2. The molecule has 0 saturated heterocycles. The largest absolute Gasteiger partial charge is 0.294 e. The van der Waals surface area contributed by atoms with Crippen LogP contribution in [0.5, 0.6) is 0 Å². The number of carbonyl (C=O) groups excluding carboxylic acids is 1. The van der Waals surface area contributed by atoms with Gasteiger partial charge in [-0.2, -0.15) is 0 Å². The number of ketones is 1. The van der Waals surface area contributed by atoms with Crippen LogP contribution in [0.2, 0.25) is 5.02 Å². The van der Waals surface area contributed by atoms with Gasteiger partial charge in [-0.1, -0.05) is 18.5 Å². The van der Waals surface area contributed by atoms with Crippen molar-refractivity contribution in [2.24, 2.45) is 0 Å². The van der Waals surface area contributed by atoms with E-state index in [0.29, 0.717) is 17.7 Å². The summed E-state index contributed by atoms with van der Waals surface area (Å²) in [4.78, 5) is 11.4. The highest BCUT2D eigenvalue weighted by Gasteiger charge is 2.10. The summed E-state index contributed by atoms with van der Waals surface area (Å²) in [5.74, 6) is -0.0732. The molecule has 0 aliphatic rings. The maximum absolute atomic E-state index is 11.4. The van der Waals surface area contributed by atoms with E-state index in [-0.39, 0.29) is 10.8 Å². The van der Waals surface area contributed by atoms with Gasteiger partial charge in [0.25, 0.3) is 0 Å². The Morgan fingerprint density at radius 3 is 2.50 bits per heavy atom. The standard InChI is InChI=1S/C10H12ClNO3S/c1-3-10(13)8-5-4-7(6-9(8)11)12-16(2,14)15/h4-6,12H,3H2,1-2H3. The number of hydrogen-bond acceptors (Lipinski definition) is 3. The maximum Gasteiger partial charge on any atom is 0.229 e. The zero-order valence-corrected chi connectivity index (χ0v) is 10.5. The molecule has 0 aliphatic carbocycles. The predicted molar refractivity (Wildman–Crippen MR) is 64.5 cm³/mol. The third-order valence-corrected chi connectivity index (χ3v) is 2.81. The molecule has 4 nitrogen and oxygen atoms in total. The van der Waals surface area contributed by atoms with E-state index in [1.807, 2.05) is 0 Å². The van der Waals surface area contributed by atoms with Gasteiger partial charge in [-0.3, -0.25) is 9.52 Å². The number of halogens is 1. The molecule has 0 bridgehead atoms. The van der Waals surface area contributed by atoms with E-state index in [9.17, 15) is 13.2 Å². The van der Waals surface area contributed by atoms with Gasteiger partial charge in [0.1, 0.15) is 0 Å². The first-order chi connectivity index (χ1) is 7.33. The normalized spacial score (nSPS) is 11.2. The molecule has 1 aromatic rings. The van der Waals surface area contributed by atoms with Crippen LogP contribution in [0, 0.1) is 0 Å². The van der Waals surface area contributed by atoms with Crippen molar-refractivity contribution in [2.75, 3.05) is 11.0 Å². The second kappa shape index (κ2) is 4.84. The molecule has 0 spiro atoms. The van der Waals surface area contributed by atoms with Crippen molar-refractivity contribution < 1.29 is 13.2 Å². The number of benzene rings is 1. The lowest BCUT2D eigenvalue weighted by atomic mass is 10.1. The zero-order chi connectivity index (χ0) is 12.3. The maximum atomic E-state index is 11.4. The van der Waals surface area contributed by atoms with Crippen LogP contribution in [0.1, 0.15) is 23.7 Å². The Labute approximate surface area is 99.7 Å². The van der Waals surface area contributed by atoms with Crippen LogP contribution in [-0.4, -0.2) is 20.5 Å². The van der Waals surface area contributed by atoms with Crippen LogP contribution in [0.25, 0.3) is 0 Å². The molecular formula is C10H12ClNO3S. The lowest BCUT2D eigenvalue weighted by Gasteiger charge is -2.06. The fourth-order valence-corrected chi connectivity index (χ4v) is 2.05. The smallest absolute Gasteiger partial charge is 0.229 e. The Morgan fingerprint density at radius 1 is 1.44 bits per heavy atom. The highest BCUT2D eigenvalue weighted by atomic mass is 35.5. The molecule has 0 heterocycles. The van der Waals surface area contributed by atoms with Crippen LogP contribution in [0.3, 0.4) is 0 Å². The third-order valence-electron chi connectivity index (χ3n) is 1.89. The van der Waals surface area contributed by atoms with Crippen molar-refractivity contribution in [3.8, 4) is 0 Å². The number of anilines is 1. The molecule has 0 saturated carbocycles. The highest BCUT2D eigenvalue weighted by Crippen LogP contribution is 2.22. The van der Waals surface area contributed by atoms with Crippen LogP contribution < -0.4 is 4.72 Å². The molecule has 0 amide bonds. The quantitative estimate of drug-likeness (QED) is 0.846. The number of carbonyl (C=O) groups is 1. The van der Waals surface area contributed by atoms with E-state index in [4.69, 9.17) is 11.6 Å². The minimum absolute atomic E-state index is 0.0732. The monoisotopic (exact) mass is 261 g/mol. The second-order valence-electron chi connectivity index (χ2n) is 3.35. The van der Waals surface area contributed by atoms with Crippen molar-refractivity contribution in [3.63, 3.8) is 0 Å². The molecule has 1 N–H and O–H groups in total. The molecular weight excluding hydrogens is 250 g/mol. The van der Waals surface area contributed by atoms with E-state index in [0.717, 1.165) is 6.26 Å². The van der Waals surface area contributed by atoms with Gasteiger partial charge in [-0.25, -0.2) is 8.42 Å². The van der Waals surface area contributed by atoms with Crippen LogP contribution in [0.15, 0.2) is 18.2 Å². The van der Waals surface area contributed by atoms with E-state index < -0.39 is 10.0 Å². The Morgan fingerprint density at radius 2 is 2.06 bits per heavy atom. The first-order valence-corrected chi connectivity index (χ1v) is 6.91. The molecule has 0 fully saturated rings. The van der Waals surface area contributed by atoms with Crippen LogP contribution >= 0.6 is 11.6 Å². The van der Waals surface area contributed by atoms with Crippen molar-refractivity contribution in [1.82, 2.24) is 0 Å². The summed E-state index contributed by atoms with van der Waals surface area (Å²) in [7, 11) is -3.33. The predicted octanol–water partition coefficient (Wildman–Crippen LogP) is 2.30. The molecule has 16 heavy (non-hydrogen) atoms. The van der Waals surface area contributed by atoms with Crippen LogP contribution in [-0.2, 0) is 10.0 Å². The number of nitrogens with one attached hydrogen (secondary N) is 1. The van der Waals surface area contributed by atoms with E-state index >= 15 is 0 Å². The van der Waals surface area contributed by atoms with Gasteiger partial charge in [-0.15, -0.1) is 0 Å². The van der Waals surface area contributed by atoms with Gasteiger partial charge in [0.15, 0.2) is 5.78 Å². The average molecular weight is 262 g/mol.